The molecule has 0 spiro atoms. The molecule has 0 aliphatic heterocycles. The molecule has 0 radical (unpaired) electrons. The first-order valence-electron chi connectivity index (χ1n) is 9.67. The van der Waals surface area contributed by atoms with Gasteiger partial charge in [0.05, 0.1) is 9.79 Å². The predicted octanol–water partition coefficient (Wildman–Crippen LogP) is 1.89. The molecule has 11 heteroatoms. The topological polar surface area (TPSA) is 135 Å². The van der Waals surface area contributed by atoms with Crippen LogP contribution in [0.15, 0.2) is 75.8 Å². The molecule has 0 saturated heterocycles. The van der Waals surface area contributed by atoms with Crippen molar-refractivity contribution in [1.82, 2.24) is 10.0 Å². The van der Waals surface area contributed by atoms with E-state index in [2.05, 4.69) is 10.0 Å². The Kier molecular flexibility index (Phi) is 7.80. The summed E-state index contributed by atoms with van der Waals surface area (Å²) in [5.74, 6) is -0.333. The van der Waals surface area contributed by atoms with E-state index in [0.717, 1.165) is 10.4 Å². The Labute approximate surface area is 191 Å². The third kappa shape index (κ3) is 6.71. The van der Waals surface area contributed by atoms with Gasteiger partial charge >= 0.3 is 0 Å². The summed E-state index contributed by atoms with van der Waals surface area (Å²) in [5, 5.41) is 9.76. The standard InChI is InChI=1S/C21H23N3O5S3/c22-31(26,27)19-7-3-16(4-8-19)11-13-23-21(25)17-5-9-20(10-6-17)32(28,29)24-14-12-18-2-1-15-30-18/h1-10,15,24H,11-14H2,(H,23,25)(H2,22,26,27). The molecule has 3 aromatic rings. The Bertz CT molecular complexity index is 1250. The number of hydrogen-bond donors (Lipinski definition) is 3. The second kappa shape index (κ2) is 10.4. The van der Waals surface area contributed by atoms with E-state index in [4.69, 9.17) is 5.14 Å². The van der Waals surface area contributed by atoms with E-state index in [-0.39, 0.29) is 15.7 Å². The number of primary sulfonamides is 1. The molecule has 0 unspecified atom stereocenters. The van der Waals surface area contributed by atoms with Crippen molar-refractivity contribution in [3.8, 4) is 0 Å². The minimum absolute atomic E-state index is 0.0290. The SMILES string of the molecule is NS(=O)(=O)c1ccc(CCNC(=O)c2ccc(S(=O)(=O)NCCc3cccs3)cc2)cc1. The molecule has 1 heterocycles. The lowest BCUT2D eigenvalue weighted by molar-refractivity contribution is 0.0954. The smallest absolute Gasteiger partial charge is 0.251 e. The lowest BCUT2D eigenvalue weighted by Gasteiger charge is -2.08. The molecule has 4 N–H and O–H groups in total. The molecule has 0 aliphatic carbocycles. The van der Waals surface area contributed by atoms with Gasteiger partial charge < -0.3 is 5.32 Å². The molecule has 2 aromatic carbocycles. The summed E-state index contributed by atoms with van der Waals surface area (Å²) in [5.41, 5.74) is 1.18. The van der Waals surface area contributed by atoms with Crippen LogP contribution in [0.3, 0.4) is 0 Å². The maximum Gasteiger partial charge on any atom is 0.251 e. The monoisotopic (exact) mass is 493 g/mol. The number of amides is 1. The highest BCUT2D eigenvalue weighted by Crippen LogP contribution is 2.13. The second-order valence-corrected chi connectivity index (χ2v) is 11.3. The van der Waals surface area contributed by atoms with Crippen molar-refractivity contribution in [1.29, 1.82) is 0 Å². The minimum Gasteiger partial charge on any atom is -0.352 e. The summed E-state index contributed by atoms with van der Waals surface area (Å²) in [6, 6.07) is 15.7. The lowest BCUT2D eigenvalue weighted by atomic mass is 10.1. The number of nitrogens with two attached hydrogens (primary N) is 1. The number of carbonyl (C=O) groups excluding carboxylic acids is 1. The first-order valence-corrected chi connectivity index (χ1v) is 13.6. The van der Waals surface area contributed by atoms with Crippen molar-refractivity contribution in [2.75, 3.05) is 13.1 Å². The highest BCUT2D eigenvalue weighted by molar-refractivity contribution is 7.89. The molecule has 3 rings (SSSR count). The number of benzene rings is 2. The van der Waals surface area contributed by atoms with Crippen molar-refractivity contribution >= 4 is 37.3 Å². The van der Waals surface area contributed by atoms with E-state index < -0.39 is 20.0 Å². The molecule has 0 bridgehead atoms. The van der Waals surface area contributed by atoms with Gasteiger partial charge in [-0.2, -0.15) is 0 Å². The molecular weight excluding hydrogens is 470 g/mol. The van der Waals surface area contributed by atoms with E-state index >= 15 is 0 Å². The fourth-order valence-corrected chi connectivity index (χ4v) is 5.16. The fourth-order valence-electron chi connectivity index (χ4n) is 2.90. The van der Waals surface area contributed by atoms with E-state index in [1.165, 1.54) is 36.4 Å². The number of sulfonamides is 2. The van der Waals surface area contributed by atoms with Crippen molar-refractivity contribution in [2.45, 2.75) is 22.6 Å². The van der Waals surface area contributed by atoms with Gasteiger partial charge in [-0.25, -0.2) is 26.7 Å². The Hall–Kier alpha value is -2.57. The zero-order valence-corrected chi connectivity index (χ0v) is 19.5. The van der Waals surface area contributed by atoms with Crippen LogP contribution in [-0.2, 0) is 32.9 Å². The summed E-state index contributed by atoms with van der Waals surface area (Å²) >= 11 is 1.57. The van der Waals surface area contributed by atoms with E-state index in [0.29, 0.717) is 31.5 Å². The summed E-state index contributed by atoms with van der Waals surface area (Å²) in [4.78, 5) is 13.5. The van der Waals surface area contributed by atoms with E-state index in [1.54, 1.807) is 23.5 Å². The van der Waals surface area contributed by atoms with Crippen molar-refractivity contribution in [3.05, 3.63) is 82.0 Å². The van der Waals surface area contributed by atoms with Crippen LogP contribution in [0.4, 0.5) is 0 Å². The average molecular weight is 494 g/mol. The van der Waals surface area contributed by atoms with Gasteiger partial charge in [0.2, 0.25) is 20.0 Å². The minimum atomic E-state index is -3.74. The molecule has 170 valence electrons. The van der Waals surface area contributed by atoms with Crippen LogP contribution >= 0.6 is 11.3 Å². The Morgan fingerprint density at radius 2 is 1.50 bits per heavy atom. The lowest BCUT2D eigenvalue weighted by Crippen LogP contribution is -2.27. The second-order valence-electron chi connectivity index (χ2n) is 6.95. The number of nitrogens with one attached hydrogen (secondary N) is 2. The van der Waals surface area contributed by atoms with Crippen LogP contribution in [0, 0.1) is 0 Å². The Morgan fingerprint density at radius 1 is 0.844 bits per heavy atom. The maximum absolute atomic E-state index is 12.4. The molecule has 32 heavy (non-hydrogen) atoms. The molecule has 0 atom stereocenters. The summed E-state index contributed by atoms with van der Waals surface area (Å²) in [6.07, 6.45) is 1.11. The number of rotatable bonds is 10. The summed E-state index contributed by atoms with van der Waals surface area (Å²) in [6.45, 7) is 0.626. The molecule has 0 saturated carbocycles. The van der Waals surface area contributed by atoms with Crippen LogP contribution in [0.2, 0.25) is 0 Å². The van der Waals surface area contributed by atoms with Crippen LogP contribution in [-0.4, -0.2) is 35.8 Å². The van der Waals surface area contributed by atoms with Gasteiger partial charge in [0, 0.05) is 23.5 Å². The predicted molar refractivity (Wildman–Crippen MR) is 124 cm³/mol. The highest BCUT2D eigenvalue weighted by atomic mass is 32.2. The van der Waals surface area contributed by atoms with Crippen molar-refractivity contribution in [2.24, 2.45) is 5.14 Å². The number of thiophene rings is 1. The fraction of sp³-hybridized carbons (Fsp3) is 0.190. The third-order valence-corrected chi connectivity index (χ3v) is 7.96. The normalized spacial score (nSPS) is 11.9. The van der Waals surface area contributed by atoms with E-state index in [9.17, 15) is 21.6 Å². The van der Waals surface area contributed by atoms with Gasteiger partial charge in [0.1, 0.15) is 0 Å². The van der Waals surface area contributed by atoms with Gasteiger partial charge in [0.15, 0.2) is 0 Å². The van der Waals surface area contributed by atoms with Gasteiger partial charge in [0.25, 0.3) is 5.91 Å². The van der Waals surface area contributed by atoms with Crippen molar-refractivity contribution in [3.63, 3.8) is 0 Å². The highest BCUT2D eigenvalue weighted by Gasteiger charge is 2.15. The first kappa shape index (κ1) is 24.1. The van der Waals surface area contributed by atoms with Crippen molar-refractivity contribution < 1.29 is 21.6 Å². The summed E-state index contributed by atoms with van der Waals surface area (Å²) < 4.78 is 49.9. The molecule has 8 nitrogen and oxygen atoms in total. The van der Waals surface area contributed by atoms with Crippen LogP contribution in [0.5, 0.6) is 0 Å². The molecule has 1 amide bonds. The van der Waals surface area contributed by atoms with Gasteiger partial charge in [-0.3, -0.25) is 4.79 Å². The zero-order valence-electron chi connectivity index (χ0n) is 17.0. The van der Waals surface area contributed by atoms with Crippen LogP contribution < -0.4 is 15.2 Å². The molecule has 0 aliphatic rings. The largest absolute Gasteiger partial charge is 0.352 e. The van der Waals surface area contributed by atoms with Crippen LogP contribution in [0.25, 0.3) is 0 Å². The van der Waals surface area contributed by atoms with Crippen LogP contribution in [0.1, 0.15) is 20.8 Å². The Morgan fingerprint density at radius 3 is 2.09 bits per heavy atom. The quantitative estimate of drug-likeness (QED) is 0.396. The third-order valence-electron chi connectivity index (χ3n) is 4.62. The molecule has 0 fully saturated rings. The summed E-state index contributed by atoms with van der Waals surface area (Å²) in [7, 11) is -7.39. The maximum atomic E-state index is 12.4. The number of carbonyl (C=O) groups is 1. The Balaban J connectivity index is 1.49. The first-order chi connectivity index (χ1) is 15.1. The molecule has 1 aromatic heterocycles. The molecular formula is C21H23N3O5S3. The van der Waals surface area contributed by atoms with Gasteiger partial charge in [-0.1, -0.05) is 18.2 Å². The van der Waals surface area contributed by atoms with E-state index in [1.807, 2.05) is 17.5 Å². The van der Waals surface area contributed by atoms with Gasteiger partial charge in [-0.05, 0) is 66.2 Å². The average Bonchev–Trinajstić information content (AvgIpc) is 3.27. The van der Waals surface area contributed by atoms with Gasteiger partial charge in [-0.15, -0.1) is 11.3 Å². The number of hydrogen-bond acceptors (Lipinski definition) is 6. The zero-order chi connectivity index (χ0) is 23.2.